The van der Waals surface area contributed by atoms with Gasteiger partial charge in [0, 0.05) is 29.3 Å². The van der Waals surface area contributed by atoms with Gasteiger partial charge >= 0.3 is 5.97 Å². The average molecular weight is 480 g/mol. The van der Waals surface area contributed by atoms with Gasteiger partial charge in [-0.15, -0.1) is 0 Å². The first-order valence-corrected chi connectivity index (χ1v) is 12.3. The fourth-order valence-corrected chi connectivity index (χ4v) is 4.91. The van der Waals surface area contributed by atoms with Crippen molar-refractivity contribution in [1.29, 1.82) is 0 Å². The third kappa shape index (κ3) is 5.10. The van der Waals surface area contributed by atoms with Gasteiger partial charge in [0.1, 0.15) is 19.0 Å². The van der Waals surface area contributed by atoms with E-state index >= 15 is 0 Å². The highest BCUT2D eigenvalue weighted by Crippen LogP contribution is 2.43. The number of Topliss-reactive ketones (excluding diaryl/α,β-unsaturated/α-hetero) is 1. The zero-order valence-corrected chi connectivity index (χ0v) is 20.3. The zero-order chi connectivity index (χ0) is 24.9. The van der Waals surface area contributed by atoms with Crippen LogP contribution in [0, 0.1) is 0 Å². The summed E-state index contributed by atoms with van der Waals surface area (Å²) in [6.07, 6.45) is 2.07. The Morgan fingerprint density at radius 3 is 2.31 bits per heavy atom. The fraction of sp³-hybridized carbons (Fsp3) is 0.226. The number of esters is 1. The molecule has 1 heterocycles. The Morgan fingerprint density at radius 1 is 0.889 bits per heavy atom. The van der Waals surface area contributed by atoms with E-state index in [1.54, 1.807) is 0 Å². The molecular weight excluding hydrogens is 450 g/mol. The molecule has 1 N–H and O–H groups in total. The van der Waals surface area contributed by atoms with Crippen molar-refractivity contribution < 1.29 is 19.1 Å². The van der Waals surface area contributed by atoms with Crippen molar-refractivity contribution >= 4 is 11.8 Å². The molecule has 0 spiro atoms. The Kier molecular flexibility index (Phi) is 6.99. The van der Waals surface area contributed by atoms with Crippen LogP contribution in [0.1, 0.15) is 48.8 Å². The van der Waals surface area contributed by atoms with Crippen LogP contribution in [0.2, 0.25) is 0 Å². The Labute approximate surface area is 211 Å². The summed E-state index contributed by atoms with van der Waals surface area (Å²) in [4.78, 5) is 26.6. The highest BCUT2D eigenvalue weighted by Gasteiger charge is 2.39. The number of dihydropyridines is 1. The first kappa shape index (κ1) is 23.6. The van der Waals surface area contributed by atoms with Crippen molar-refractivity contribution in [1.82, 2.24) is 5.32 Å². The maximum Gasteiger partial charge on any atom is 0.337 e. The van der Waals surface area contributed by atoms with Gasteiger partial charge in [-0.1, -0.05) is 72.8 Å². The number of allylic oxidation sites excluding steroid dienone is 3. The quantitative estimate of drug-likeness (QED) is 0.423. The van der Waals surface area contributed by atoms with Crippen molar-refractivity contribution in [3.05, 3.63) is 124 Å². The number of hydrogen-bond donors (Lipinski definition) is 1. The van der Waals surface area contributed by atoms with E-state index in [1.807, 2.05) is 91.9 Å². The highest BCUT2D eigenvalue weighted by molar-refractivity contribution is 6.03. The summed E-state index contributed by atoms with van der Waals surface area (Å²) in [6, 6.07) is 27.3. The smallest absolute Gasteiger partial charge is 0.337 e. The number of rotatable bonds is 7. The van der Waals surface area contributed by atoms with Crippen LogP contribution < -0.4 is 10.1 Å². The van der Waals surface area contributed by atoms with Gasteiger partial charge in [0.05, 0.1) is 5.57 Å². The molecule has 3 aromatic carbocycles. The van der Waals surface area contributed by atoms with E-state index in [4.69, 9.17) is 9.47 Å². The molecule has 1 aliphatic heterocycles. The van der Waals surface area contributed by atoms with Crippen LogP contribution in [0.5, 0.6) is 5.75 Å². The van der Waals surface area contributed by atoms with Gasteiger partial charge in [-0.25, -0.2) is 4.79 Å². The van der Waals surface area contributed by atoms with Crippen molar-refractivity contribution in [2.45, 2.75) is 45.3 Å². The molecular formula is C31H29NO4. The lowest BCUT2D eigenvalue weighted by Gasteiger charge is -2.34. The lowest BCUT2D eigenvalue weighted by Crippen LogP contribution is -2.34. The van der Waals surface area contributed by atoms with E-state index in [0.717, 1.165) is 40.9 Å². The summed E-state index contributed by atoms with van der Waals surface area (Å²) in [5.41, 5.74) is 5.59. The average Bonchev–Trinajstić information content (AvgIpc) is 2.91. The molecule has 5 rings (SSSR count). The second-order valence-electron chi connectivity index (χ2n) is 9.17. The lowest BCUT2D eigenvalue weighted by molar-refractivity contribution is -0.140. The van der Waals surface area contributed by atoms with Gasteiger partial charge < -0.3 is 14.8 Å². The number of ether oxygens (including phenoxy) is 2. The number of nitrogens with one attached hydrogen (secondary N) is 1. The SMILES string of the molecule is CC1=C(C(=O)OCc2ccccc2)[C@@H](c2cccc(OCc3ccccc3)c2)C2=C(CCCC2=O)N1. The van der Waals surface area contributed by atoms with Crippen LogP contribution in [0.4, 0.5) is 0 Å². The molecule has 182 valence electrons. The maximum absolute atomic E-state index is 13.5. The van der Waals surface area contributed by atoms with Crippen molar-refractivity contribution in [2.75, 3.05) is 0 Å². The Hall–Kier alpha value is -4.12. The van der Waals surface area contributed by atoms with Crippen LogP contribution in [-0.4, -0.2) is 11.8 Å². The number of carbonyl (C=O) groups excluding carboxylic acids is 2. The topological polar surface area (TPSA) is 64.6 Å². The largest absolute Gasteiger partial charge is 0.489 e. The van der Waals surface area contributed by atoms with Crippen LogP contribution in [0.15, 0.2) is 107 Å². The maximum atomic E-state index is 13.5. The molecule has 0 aromatic heterocycles. The molecule has 3 aromatic rings. The van der Waals surface area contributed by atoms with E-state index in [2.05, 4.69) is 5.32 Å². The van der Waals surface area contributed by atoms with Crippen LogP contribution >= 0.6 is 0 Å². The van der Waals surface area contributed by atoms with Crippen molar-refractivity contribution in [3.8, 4) is 5.75 Å². The van der Waals surface area contributed by atoms with Crippen LogP contribution in [0.25, 0.3) is 0 Å². The number of benzene rings is 3. The Morgan fingerprint density at radius 2 is 1.58 bits per heavy atom. The highest BCUT2D eigenvalue weighted by atomic mass is 16.5. The number of ketones is 1. The summed E-state index contributed by atoms with van der Waals surface area (Å²) < 4.78 is 11.8. The van der Waals surface area contributed by atoms with Gasteiger partial charge in [-0.3, -0.25) is 4.79 Å². The third-order valence-corrected chi connectivity index (χ3v) is 6.65. The Balaban J connectivity index is 1.46. The van der Waals surface area contributed by atoms with E-state index < -0.39 is 11.9 Å². The molecule has 36 heavy (non-hydrogen) atoms. The predicted molar refractivity (Wildman–Crippen MR) is 138 cm³/mol. The molecule has 1 aliphatic carbocycles. The zero-order valence-electron chi connectivity index (χ0n) is 20.3. The van der Waals surface area contributed by atoms with Gasteiger partial charge in [-0.2, -0.15) is 0 Å². The van der Waals surface area contributed by atoms with Crippen molar-refractivity contribution in [3.63, 3.8) is 0 Å². The van der Waals surface area contributed by atoms with Crippen LogP contribution in [-0.2, 0) is 27.5 Å². The Bertz CT molecular complexity index is 1320. The molecule has 0 saturated heterocycles. The summed E-state index contributed by atoms with van der Waals surface area (Å²) in [7, 11) is 0. The molecule has 0 saturated carbocycles. The molecule has 0 amide bonds. The van der Waals surface area contributed by atoms with Gasteiger partial charge in [0.15, 0.2) is 5.78 Å². The first-order chi connectivity index (χ1) is 17.6. The standard InChI is InChI=1S/C31H29NO4/c1-21-28(31(34)36-20-23-12-6-3-7-13-23)29(30-26(32-21)16-9-17-27(30)33)24-14-8-15-25(18-24)35-19-22-10-4-2-5-11-22/h2-8,10-15,18,29,32H,9,16-17,19-20H2,1H3/t29-/m1/s1. The first-order valence-electron chi connectivity index (χ1n) is 12.3. The van der Waals surface area contributed by atoms with E-state index in [0.29, 0.717) is 29.9 Å². The third-order valence-electron chi connectivity index (χ3n) is 6.65. The lowest BCUT2D eigenvalue weighted by atomic mass is 9.75. The minimum absolute atomic E-state index is 0.0743. The second kappa shape index (κ2) is 10.6. The number of carbonyl (C=O) groups is 2. The fourth-order valence-electron chi connectivity index (χ4n) is 4.91. The van der Waals surface area contributed by atoms with E-state index in [9.17, 15) is 9.59 Å². The molecule has 5 nitrogen and oxygen atoms in total. The molecule has 2 aliphatic rings. The predicted octanol–water partition coefficient (Wildman–Crippen LogP) is 5.98. The van der Waals surface area contributed by atoms with E-state index in [-0.39, 0.29) is 12.4 Å². The van der Waals surface area contributed by atoms with E-state index in [1.165, 1.54) is 0 Å². The monoisotopic (exact) mass is 479 g/mol. The molecule has 0 radical (unpaired) electrons. The molecule has 0 unspecified atom stereocenters. The van der Waals surface area contributed by atoms with Crippen molar-refractivity contribution in [2.24, 2.45) is 0 Å². The molecule has 0 bridgehead atoms. The minimum Gasteiger partial charge on any atom is -0.489 e. The molecule has 5 heteroatoms. The van der Waals surface area contributed by atoms with Gasteiger partial charge in [0.25, 0.3) is 0 Å². The van der Waals surface area contributed by atoms with Gasteiger partial charge in [0.2, 0.25) is 0 Å². The summed E-state index contributed by atoms with van der Waals surface area (Å²) in [6.45, 7) is 2.48. The summed E-state index contributed by atoms with van der Waals surface area (Å²) in [5.74, 6) is -0.160. The minimum atomic E-state index is -0.502. The van der Waals surface area contributed by atoms with Crippen LogP contribution in [0.3, 0.4) is 0 Å². The molecule has 1 atom stereocenters. The second-order valence-corrected chi connectivity index (χ2v) is 9.17. The number of hydrogen-bond acceptors (Lipinski definition) is 5. The van der Waals surface area contributed by atoms with Gasteiger partial charge in [-0.05, 0) is 48.6 Å². The summed E-state index contributed by atoms with van der Waals surface area (Å²) >= 11 is 0. The molecule has 0 fully saturated rings. The normalized spacial score (nSPS) is 17.4. The summed E-state index contributed by atoms with van der Waals surface area (Å²) in [5, 5.41) is 3.35.